The summed E-state index contributed by atoms with van der Waals surface area (Å²) in [5.41, 5.74) is -1.37. The van der Waals surface area contributed by atoms with E-state index in [0.29, 0.717) is 18.8 Å². The number of benzene rings is 1. The number of aliphatic carboxylic acids is 1. The lowest BCUT2D eigenvalue weighted by Gasteiger charge is -2.42. The van der Waals surface area contributed by atoms with E-state index in [1.54, 1.807) is 0 Å². The molecule has 0 radical (unpaired) electrons. The lowest BCUT2D eigenvalue weighted by Crippen LogP contribution is -2.55. The van der Waals surface area contributed by atoms with Crippen molar-refractivity contribution in [1.82, 2.24) is 4.90 Å². The van der Waals surface area contributed by atoms with Crippen LogP contribution >= 0.6 is 11.6 Å². The molecular formula is C17H19ClN2O6. The maximum Gasteiger partial charge on any atom is 0.328 e. The summed E-state index contributed by atoms with van der Waals surface area (Å²) < 4.78 is 5.82. The van der Waals surface area contributed by atoms with Crippen LogP contribution in [-0.2, 0) is 9.53 Å². The Morgan fingerprint density at radius 1 is 1.38 bits per heavy atom. The molecule has 1 aromatic carbocycles. The number of carboxylic acids is 1. The minimum atomic E-state index is -1.17. The molecule has 1 aromatic rings. The van der Waals surface area contributed by atoms with Gasteiger partial charge in [0.1, 0.15) is 5.72 Å². The number of ether oxygens (including phenoxy) is 1. The second kappa shape index (κ2) is 6.85. The summed E-state index contributed by atoms with van der Waals surface area (Å²) in [6.45, 7) is 1.99. The maximum absolute atomic E-state index is 13.2. The molecule has 26 heavy (non-hydrogen) atoms. The lowest BCUT2D eigenvalue weighted by atomic mass is 9.83. The van der Waals surface area contributed by atoms with E-state index in [4.69, 9.17) is 16.3 Å². The fraction of sp³-hybridized carbons (Fsp3) is 0.529. The highest BCUT2D eigenvalue weighted by Crippen LogP contribution is 2.43. The number of carbonyl (C=O) groups is 2. The minimum Gasteiger partial charge on any atom is -0.480 e. The van der Waals surface area contributed by atoms with E-state index < -0.39 is 28.6 Å². The van der Waals surface area contributed by atoms with Crippen LogP contribution < -0.4 is 0 Å². The molecule has 1 aliphatic heterocycles. The number of hydrogen-bond acceptors (Lipinski definition) is 5. The van der Waals surface area contributed by atoms with E-state index in [-0.39, 0.29) is 22.9 Å². The zero-order valence-electron chi connectivity index (χ0n) is 14.2. The normalized spacial score (nSPS) is 28.3. The van der Waals surface area contributed by atoms with E-state index >= 15 is 0 Å². The molecule has 1 heterocycles. The van der Waals surface area contributed by atoms with Crippen molar-refractivity contribution in [3.8, 4) is 0 Å². The molecule has 140 valence electrons. The SMILES string of the molecule is CC1CCC2(CC1)OC[C@@H](C(=O)O)N2C(=O)c1cc([N+](=O)[O-])ccc1Cl. The quantitative estimate of drug-likeness (QED) is 0.635. The van der Waals surface area contributed by atoms with Gasteiger partial charge in [0.25, 0.3) is 11.6 Å². The van der Waals surface area contributed by atoms with Crippen LogP contribution in [0.4, 0.5) is 5.69 Å². The van der Waals surface area contributed by atoms with Gasteiger partial charge in [-0.2, -0.15) is 0 Å². The Labute approximate surface area is 154 Å². The highest BCUT2D eigenvalue weighted by molar-refractivity contribution is 6.34. The number of carbonyl (C=O) groups excluding carboxylic acids is 1. The Hall–Kier alpha value is -2.19. The van der Waals surface area contributed by atoms with Gasteiger partial charge in [-0.3, -0.25) is 19.8 Å². The summed E-state index contributed by atoms with van der Waals surface area (Å²) in [6.07, 6.45) is 2.66. The number of amides is 1. The van der Waals surface area contributed by atoms with Gasteiger partial charge in [0.05, 0.1) is 22.1 Å². The third kappa shape index (κ3) is 3.14. The number of halogens is 1. The molecule has 1 atom stereocenters. The second-order valence-corrected chi connectivity index (χ2v) is 7.30. The Balaban J connectivity index is 2.02. The van der Waals surface area contributed by atoms with Gasteiger partial charge in [-0.15, -0.1) is 0 Å². The number of carboxylic acid groups (broad SMARTS) is 1. The third-order valence-electron chi connectivity index (χ3n) is 5.21. The number of hydrogen-bond donors (Lipinski definition) is 1. The average Bonchev–Trinajstić information content (AvgIpc) is 2.96. The van der Waals surface area contributed by atoms with Crippen LogP contribution in [0.15, 0.2) is 18.2 Å². The first-order valence-electron chi connectivity index (χ1n) is 8.39. The molecule has 9 heteroatoms. The highest BCUT2D eigenvalue weighted by atomic mass is 35.5. The van der Waals surface area contributed by atoms with Crippen molar-refractivity contribution in [1.29, 1.82) is 0 Å². The fourth-order valence-corrected chi connectivity index (χ4v) is 3.89. The number of rotatable bonds is 3. The Morgan fingerprint density at radius 3 is 2.62 bits per heavy atom. The van der Waals surface area contributed by atoms with Gasteiger partial charge in [-0.1, -0.05) is 18.5 Å². The van der Waals surface area contributed by atoms with Gasteiger partial charge in [-0.25, -0.2) is 4.79 Å². The van der Waals surface area contributed by atoms with E-state index in [0.717, 1.165) is 18.9 Å². The zero-order chi connectivity index (χ0) is 19.1. The Bertz CT molecular complexity index is 760. The van der Waals surface area contributed by atoms with Crippen molar-refractivity contribution in [2.24, 2.45) is 5.92 Å². The van der Waals surface area contributed by atoms with E-state index in [1.165, 1.54) is 17.0 Å². The van der Waals surface area contributed by atoms with Gasteiger partial charge in [-0.05, 0) is 37.7 Å². The zero-order valence-corrected chi connectivity index (χ0v) is 14.9. The molecule has 1 aliphatic carbocycles. The van der Waals surface area contributed by atoms with Crippen molar-refractivity contribution in [3.63, 3.8) is 0 Å². The third-order valence-corrected chi connectivity index (χ3v) is 5.54. The van der Waals surface area contributed by atoms with Gasteiger partial charge in [0, 0.05) is 12.1 Å². The average molecular weight is 383 g/mol. The van der Waals surface area contributed by atoms with Crippen LogP contribution in [0.1, 0.15) is 43.0 Å². The Morgan fingerprint density at radius 2 is 2.04 bits per heavy atom. The van der Waals surface area contributed by atoms with Gasteiger partial charge >= 0.3 is 5.97 Å². The molecule has 1 amide bonds. The molecule has 0 unspecified atom stereocenters. The first kappa shape index (κ1) is 18.6. The topological polar surface area (TPSA) is 110 Å². The van der Waals surface area contributed by atoms with Crippen LogP contribution in [-0.4, -0.2) is 45.2 Å². The van der Waals surface area contributed by atoms with Crippen molar-refractivity contribution < 1.29 is 24.4 Å². The van der Waals surface area contributed by atoms with E-state index in [1.807, 2.05) is 0 Å². The van der Waals surface area contributed by atoms with Crippen LogP contribution in [0.5, 0.6) is 0 Å². The molecule has 1 N–H and O–H groups in total. The van der Waals surface area contributed by atoms with E-state index in [9.17, 15) is 24.8 Å². The molecule has 2 aliphatic rings. The summed E-state index contributed by atoms with van der Waals surface area (Å²) >= 11 is 6.09. The predicted molar refractivity (Wildman–Crippen MR) is 92.0 cm³/mol. The molecule has 0 aromatic heterocycles. The minimum absolute atomic E-state index is 0.0379. The van der Waals surface area contributed by atoms with Gasteiger partial charge < -0.3 is 9.84 Å². The highest BCUT2D eigenvalue weighted by Gasteiger charge is 2.54. The molecular weight excluding hydrogens is 364 g/mol. The molecule has 3 rings (SSSR count). The first-order chi connectivity index (χ1) is 12.2. The summed E-state index contributed by atoms with van der Waals surface area (Å²) in [4.78, 5) is 36.5. The van der Waals surface area contributed by atoms with Crippen molar-refractivity contribution >= 4 is 29.2 Å². The van der Waals surface area contributed by atoms with Crippen molar-refractivity contribution in [2.45, 2.75) is 44.4 Å². The maximum atomic E-state index is 13.2. The summed E-state index contributed by atoms with van der Waals surface area (Å²) in [6, 6.07) is 2.41. The first-order valence-corrected chi connectivity index (χ1v) is 8.77. The van der Waals surface area contributed by atoms with Crippen LogP contribution in [0.3, 0.4) is 0 Å². The largest absolute Gasteiger partial charge is 0.480 e. The lowest BCUT2D eigenvalue weighted by molar-refractivity contribution is -0.384. The number of non-ortho nitro benzene ring substituents is 1. The standard InChI is InChI=1S/C17H19ClN2O6/c1-10-4-6-17(7-5-10)19(14(9-26-17)16(22)23)15(21)12-8-11(20(24)25)2-3-13(12)18/h2-3,8,10,14H,4-7,9H2,1H3,(H,22,23)/t10?,14-,17?/m0/s1. The number of nitrogens with zero attached hydrogens (tertiary/aromatic N) is 2. The fourth-order valence-electron chi connectivity index (χ4n) is 3.69. The molecule has 8 nitrogen and oxygen atoms in total. The molecule has 0 bridgehead atoms. The number of nitro groups is 1. The monoisotopic (exact) mass is 382 g/mol. The van der Waals surface area contributed by atoms with Crippen molar-refractivity contribution in [2.75, 3.05) is 6.61 Å². The Kier molecular flexibility index (Phi) is 4.90. The number of nitro benzene ring substituents is 1. The van der Waals surface area contributed by atoms with Crippen LogP contribution in [0, 0.1) is 16.0 Å². The van der Waals surface area contributed by atoms with Gasteiger partial charge in [0.2, 0.25) is 0 Å². The summed E-state index contributed by atoms with van der Waals surface area (Å²) in [5.74, 6) is -1.36. The van der Waals surface area contributed by atoms with Gasteiger partial charge in [0.15, 0.2) is 6.04 Å². The van der Waals surface area contributed by atoms with E-state index in [2.05, 4.69) is 6.92 Å². The van der Waals surface area contributed by atoms with Crippen LogP contribution in [0.2, 0.25) is 5.02 Å². The predicted octanol–water partition coefficient (Wildman–Crippen LogP) is 3.08. The summed E-state index contributed by atoms with van der Waals surface area (Å²) in [7, 11) is 0. The molecule has 1 spiro atoms. The smallest absolute Gasteiger partial charge is 0.328 e. The van der Waals surface area contributed by atoms with Crippen molar-refractivity contribution in [3.05, 3.63) is 38.9 Å². The van der Waals surface area contributed by atoms with Crippen LogP contribution in [0.25, 0.3) is 0 Å². The molecule has 2 fully saturated rings. The molecule has 1 saturated heterocycles. The second-order valence-electron chi connectivity index (χ2n) is 6.89. The molecule has 1 saturated carbocycles. The summed E-state index contributed by atoms with van der Waals surface area (Å²) in [5, 5.41) is 20.6.